The maximum Gasteiger partial charge on any atom is 0.248 e. The molecule has 0 heterocycles. The van der Waals surface area contributed by atoms with Gasteiger partial charge in [0.1, 0.15) is 24.7 Å². The number of carbonyl (C=O) groups is 2. The zero-order valence-electron chi connectivity index (χ0n) is 20.3. The first kappa shape index (κ1) is 28.2. The van der Waals surface area contributed by atoms with Gasteiger partial charge in [-0.25, -0.2) is 0 Å². The van der Waals surface area contributed by atoms with Crippen LogP contribution < -0.4 is 11.1 Å². The van der Waals surface area contributed by atoms with Crippen LogP contribution >= 0.6 is 0 Å². The van der Waals surface area contributed by atoms with Crippen LogP contribution in [-0.4, -0.2) is 37.2 Å². The normalized spacial score (nSPS) is 9.51. The molecule has 0 aromatic heterocycles. The number of nitrogens with zero attached hydrogens (tertiary/aromatic N) is 1. The standard InChI is InChI=1S/C12H12N2.C9H10O2.C8H6N2O2/c1-14-12-7-6-9(8-13)10-4-2-3-5-11(10)12;10-6-7-11-8-9-4-2-1-3-5-9;9-4-6-3-5(8(10)12)1-2-7(6)11/h2-8,13-14H,1H3;1-6H,7-8H2;1-3,11H,(H2,10,12). The monoisotopic (exact) mass is 496 g/mol. The Morgan fingerprint density at radius 1 is 1.05 bits per heavy atom. The molecule has 4 aromatic rings. The van der Waals surface area contributed by atoms with Gasteiger partial charge in [-0.3, -0.25) is 4.79 Å². The Bertz CT molecular complexity index is 1380. The highest BCUT2D eigenvalue weighted by Gasteiger charge is 2.05. The summed E-state index contributed by atoms with van der Waals surface area (Å²) in [6.07, 6.45) is 2.14. The molecule has 4 aromatic carbocycles. The van der Waals surface area contributed by atoms with Gasteiger partial charge in [0, 0.05) is 29.9 Å². The minimum absolute atomic E-state index is 0.0475. The summed E-state index contributed by atoms with van der Waals surface area (Å²) in [6, 6.07) is 27.4. The maximum absolute atomic E-state index is 10.6. The van der Waals surface area contributed by atoms with Crippen molar-refractivity contribution in [2.24, 2.45) is 5.73 Å². The van der Waals surface area contributed by atoms with Crippen LogP contribution in [0.15, 0.2) is 84.9 Å². The first-order valence-electron chi connectivity index (χ1n) is 11.2. The van der Waals surface area contributed by atoms with Crippen LogP contribution in [0.5, 0.6) is 5.75 Å². The largest absolute Gasteiger partial charge is 0.507 e. The van der Waals surface area contributed by atoms with E-state index in [9.17, 15) is 9.59 Å². The lowest BCUT2D eigenvalue weighted by Gasteiger charge is -2.07. The molecule has 0 radical (unpaired) electrons. The molecule has 0 aliphatic heterocycles. The fourth-order valence-corrected chi connectivity index (χ4v) is 3.24. The molecule has 0 fully saturated rings. The Kier molecular flexibility index (Phi) is 11.5. The molecule has 0 bridgehead atoms. The predicted molar refractivity (Wildman–Crippen MR) is 145 cm³/mol. The third kappa shape index (κ3) is 8.62. The van der Waals surface area contributed by atoms with Crippen molar-refractivity contribution in [3.8, 4) is 11.8 Å². The molecule has 4 rings (SSSR count). The first-order valence-corrected chi connectivity index (χ1v) is 11.2. The van der Waals surface area contributed by atoms with Crippen molar-refractivity contribution in [3.63, 3.8) is 0 Å². The van der Waals surface area contributed by atoms with Crippen LogP contribution in [0.3, 0.4) is 0 Å². The minimum atomic E-state index is -0.619. The van der Waals surface area contributed by atoms with Crippen molar-refractivity contribution in [2.75, 3.05) is 19.0 Å². The van der Waals surface area contributed by atoms with Crippen molar-refractivity contribution < 1.29 is 19.4 Å². The van der Waals surface area contributed by atoms with Gasteiger partial charge in [-0.1, -0.05) is 60.7 Å². The zero-order chi connectivity index (χ0) is 27.0. The second-order valence-electron chi connectivity index (χ2n) is 7.52. The van der Waals surface area contributed by atoms with Crippen LogP contribution in [0.2, 0.25) is 0 Å². The van der Waals surface area contributed by atoms with Gasteiger partial charge in [-0.2, -0.15) is 5.26 Å². The highest BCUT2D eigenvalue weighted by molar-refractivity contribution is 6.04. The van der Waals surface area contributed by atoms with Crippen LogP contribution in [0.1, 0.15) is 27.0 Å². The van der Waals surface area contributed by atoms with Crippen molar-refractivity contribution in [1.82, 2.24) is 0 Å². The number of nitrogens with one attached hydrogen (secondary N) is 2. The van der Waals surface area contributed by atoms with Gasteiger partial charge in [-0.15, -0.1) is 0 Å². The fourth-order valence-electron chi connectivity index (χ4n) is 3.24. The van der Waals surface area contributed by atoms with Crippen molar-refractivity contribution in [3.05, 3.63) is 107 Å². The summed E-state index contributed by atoms with van der Waals surface area (Å²) in [5, 5.41) is 30.2. The van der Waals surface area contributed by atoms with Gasteiger partial charge in [-0.05, 0) is 40.8 Å². The van der Waals surface area contributed by atoms with Gasteiger partial charge < -0.3 is 31.1 Å². The number of amides is 1. The number of phenols is 1. The summed E-state index contributed by atoms with van der Waals surface area (Å²) in [5.74, 6) is -0.769. The quantitative estimate of drug-likeness (QED) is 0.166. The summed E-state index contributed by atoms with van der Waals surface area (Å²) in [7, 11) is 1.91. The van der Waals surface area contributed by atoms with Gasteiger partial charge in [0.2, 0.25) is 5.91 Å². The Morgan fingerprint density at radius 2 is 1.73 bits per heavy atom. The lowest BCUT2D eigenvalue weighted by molar-refractivity contribution is -0.112. The Balaban J connectivity index is 0.000000197. The SMILES string of the molecule is CNc1ccc(C=N)c2ccccc12.N#Cc1cc(C(N)=O)ccc1O.O=CCOCc1ccccc1. The molecule has 0 atom stereocenters. The molecule has 5 N–H and O–H groups in total. The van der Waals surface area contributed by atoms with Crippen LogP contribution in [-0.2, 0) is 16.1 Å². The number of fused-ring (bicyclic) bond motifs is 1. The van der Waals surface area contributed by atoms with E-state index >= 15 is 0 Å². The molecule has 8 heteroatoms. The molecule has 8 nitrogen and oxygen atoms in total. The van der Waals surface area contributed by atoms with Gasteiger partial charge >= 0.3 is 0 Å². The molecule has 0 aliphatic carbocycles. The molecule has 0 saturated carbocycles. The second-order valence-corrected chi connectivity index (χ2v) is 7.52. The number of rotatable bonds is 7. The molecule has 1 amide bonds. The number of aldehydes is 1. The zero-order valence-corrected chi connectivity index (χ0v) is 20.3. The number of nitrogens with two attached hydrogens (primary N) is 1. The van der Waals surface area contributed by atoms with E-state index < -0.39 is 5.91 Å². The topological polar surface area (TPSA) is 149 Å². The summed E-state index contributed by atoms with van der Waals surface area (Å²) in [6.45, 7) is 0.689. The van der Waals surface area contributed by atoms with E-state index in [0.29, 0.717) is 6.61 Å². The van der Waals surface area contributed by atoms with Crippen molar-refractivity contribution >= 4 is 34.9 Å². The fraction of sp³-hybridized carbons (Fsp3) is 0.103. The number of aromatic hydroxyl groups is 1. The molecule has 0 spiro atoms. The number of carbonyl (C=O) groups excluding carboxylic acids is 2. The Labute approximate surface area is 215 Å². The van der Waals surface area contributed by atoms with Crippen LogP contribution in [0, 0.1) is 16.7 Å². The molecular weight excluding hydrogens is 468 g/mol. The van der Waals surface area contributed by atoms with Gasteiger partial charge in [0.25, 0.3) is 0 Å². The van der Waals surface area contributed by atoms with E-state index in [-0.39, 0.29) is 23.5 Å². The maximum atomic E-state index is 10.6. The van der Waals surface area contributed by atoms with E-state index in [2.05, 4.69) is 11.4 Å². The van der Waals surface area contributed by atoms with E-state index in [4.69, 9.17) is 26.2 Å². The molecule has 0 unspecified atom stereocenters. The highest BCUT2D eigenvalue weighted by atomic mass is 16.5. The average molecular weight is 497 g/mol. The molecule has 0 saturated heterocycles. The van der Waals surface area contributed by atoms with E-state index in [1.807, 2.05) is 67.7 Å². The van der Waals surface area contributed by atoms with Crippen LogP contribution in [0.25, 0.3) is 10.8 Å². The number of hydrogen-bond donors (Lipinski definition) is 4. The first-order chi connectivity index (χ1) is 17.9. The Hall–Kier alpha value is -5.00. The summed E-state index contributed by atoms with van der Waals surface area (Å²) >= 11 is 0. The number of primary amides is 1. The molecule has 37 heavy (non-hydrogen) atoms. The van der Waals surface area contributed by atoms with Crippen molar-refractivity contribution in [1.29, 1.82) is 10.7 Å². The number of hydrogen-bond acceptors (Lipinski definition) is 7. The van der Waals surface area contributed by atoms with Crippen LogP contribution in [0.4, 0.5) is 5.69 Å². The van der Waals surface area contributed by atoms with E-state index in [1.54, 1.807) is 6.07 Å². The average Bonchev–Trinajstić information content (AvgIpc) is 2.94. The van der Waals surface area contributed by atoms with E-state index in [0.717, 1.165) is 33.9 Å². The number of anilines is 1. The summed E-state index contributed by atoms with van der Waals surface area (Å²) in [5.41, 5.74) is 8.37. The number of benzene rings is 4. The Morgan fingerprint density at radius 3 is 2.32 bits per heavy atom. The third-order valence-corrected chi connectivity index (χ3v) is 5.08. The smallest absolute Gasteiger partial charge is 0.248 e. The minimum Gasteiger partial charge on any atom is -0.507 e. The number of phenolic OH excluding ortho intramolecular Hbond substituents is 1. The summed E-state index contributed by atoms with van der Waals surface area (Å²) < 4.78 is 5.00. The number of nitriles is 1. The van der Waals surface area contributed by atoms with E-state index in [1.165, 1.54) is 24.4 Å². The molecule has 0 aliphatic rings. The predicted octanol–water partition coefficient (Wildman–Crippen LogP) is 4.64. The third-order valence-electron chi connectivity index (χ3n) is 5.08. The lowest BCUT2D eigenvalue weighted by atomic mass is 10.0. The van der Waals surface area contributed by atoms with Crippen molar-refractivity contribution in [2.45, 2.75) is 6.61 Å². The summed E-state index contributed by atoms with van der Waals surface area (Å²) in [4.78, 5) is 20.5. The van der Waals surface area contributed by atoms with Gasteiger partial charge in [0.05, 0.1) is 12.2 Å². The highest BCUT2D eigenvalue weighted by Crippen LogP contribution is 2.25. The molecule has 188 valence electrons. The lowest BCUT2D eigenvalue weighted by Crippen LogP contribution is -2.10. The second kappa shape index (κ2) is 15.1. The molecular formula is C29H28N4O4. The van der Waals surface area contributed by atoms with Gasteiger partial charge in [0.15, 0.2) is 0 Å². The number of ether oxygens (including phenoxy) is 1.